The van der Waals surface area contributed by atoms with Crippen molar-refractivity contribution >= 4 is 5.91 Å². The van der Waals surface area contributed by atoms with Gasteiger partial charge in [-0.3, -0.25) is 4.79 Å². The summed E-state index contributed by atoms with van der Waals surface area (Å²) in [5, 5.41) is 0. The molecule has 94 valence electrons. The number of carbonyl (C=O) groups is 1. The van der Waals surface area contributed by atoms with E-state index in [1.807, 2.05) is 14.0 Å². The predicted molar refractivity (Wildman–Crippen MR) is 64.0 cm³/mol. The summed E-state index contributed by atoms with van der Waals surface area (Å²) < 4.78 is 5.06. The van der Waals surface area contributed by atoms with Crippen LogP contribution in [0.3, 0.4) is 0 Å². The molecule has 4 nitrogen and oxygen atoms in total. The number of rotatable bonds is 4. The van der Waals surface area contributed by atoms with Gasteiger partial charge >= 0.3 is 0 Å². The number of likely N-dealkylation sites (N-methyl/N-ethyl adjacent to an activating group) is 1. The van der Waals surface area contributed by atoms with Crippen LogP contribution in [0.5, 0.6) is 0 Å². The molecular weight excluding hydrogens is 204 g/mol. The normalized spacial score (nSPS) is 27.5. The lowest BCUT2D eigenvalue weighted by Gasteiger charge is -2.33. The summed E-state index contributed by atoms with van der Waals surface area (Å²) in [7, 11) is 3.49. The number of methoxy groups -OCH3 is 1. The molecule has 1 amide bonds. The van der Waals surface area contributed by atoms with Gasteiger partial charge in [-0.2, -0.15) is 0 Å². The molecule has 0 bridgehead atoms. The van der Waals surface area contributed by atoms with Crippen LogP contribution < -0.4 is 5.73 Å². The quantitative estimate of drug-likeness (QED) is 0.781. The Balaban J connectivity index is 2.54. The van der Waals surface area contributed by atoms with Gasteiger partial charge in [-0.25, -0.2) is 0 Å². The highest BCUT2D eigenvalue weighted by molar-refractivity contribution is 5.79. The van der Waals surface area contributed by atoms with Gasteiger partial charge in [-0.15, -0.1) is 0 Å². The van der Waals surface area contributed by atoms with Crippen molar-refractivity contribution in [3.05, 3.63) is 0 Å². The van der Waals surface area contributed by atoms with Crippen LogP contribution in [0.25, 0.3) is 0 Å². The lowest BCUT2D eigenvalue weighted by atomic mass is 9.84. The van der Waals surface area contributed by atoms with E-state index in [9.17, 15) is 4.79 Å². The second-order valence-electron chi connectivity index (χ2n) is 4.81. The first-order valence-corrected chi connectivity index (χ1v) is 6.09. The SMILES string of the molecule is COCC(C)N(C)C(=O)C1CCCCC1N. The maximum atomic E-state index is 12.2. The second-order valence-corrected chi connectivity index (χ2v) is 4.81. The molecule has 0 spiro atoms. The molecule has 1 aliphatic carbocycles. The molecule has 1 aliphatic rings. The van der Waals surface area contributed by atoms with E-state index < -0.39 is 0 Å². The highest BCUT2D eigenvalue weighted by atomic mass is 16.5. The Morgan fingerprint density at radius 2 is 2.12 bits per heavy atom. The molecule has 1 saturated carbocycles. The topological polar surface area (TPSA) is 55.6 Å². The molecule has 1 rings (SSSR count). The van der Waals surface area contributed by atoms with Crippen LogP contribution in [0.15, 0.2) is 0 Å². The van der Waals surface area contributed by atoms with E-state index in [-0.39, 0.29) is 23.9 Å². The van der Waals surface area contributed by atoms with E-state index in [0.29, 0.717) is 6.61 Å². The van der Waals surface area contributed by atoms with Crippen LogP contribution in [0.2, 0.25) is 0 Å². The Hall–Kier alpha value is -0.610. The largest absolute Gasteiger partial charge is 0.383 e. The Kier molecular flexibility index (Phi) is 5.22. The van der Waals surface area contributed by atoms with Gasteiger partial charge in [0.1, 0.15) is 0 Å². The van der Waals surface area contributed by atoms with E-state index in [1.165, 1.54) is 0 Å². The van der Waals surface area contributed by atoms with Crippen LogP contribution in [-0.2, 0) is 9.53 Å². The fraction of sp³-hybridized carbons (Fsp3) is 0.917. The number of ether oxygens (including phenoxy) is 1. The third-order valence-electron chi connectivity index (χ3n) is 3.55. The molecule has 0 saturated heterocycles. The number of nitrogens with zero attached hydrogens (tertiary/aromatic N) is 1. The summed E-state index contributed by atoms with van der Waals surface area (Å²) >= 11 is 0. The van der Waals surface area contributed by atoms with E-state index >= 15 is 0 Å². The zero-order chi connectivity index (χ0) is 12.1. The third kappa shape index (κ3) is 3.19. The highest BCUT2D eigenvalue weighted by Crippen LogP contribution is 2.24. The molecule has 3 atom stereocenters. The molecule has 3 unspecified atom stereocenters. The molecule has 2 N–H and O–H groups in total. The fourth-order valence-corrected chi connectivity index (χ4v) is 2.30. The van der Waals surface area contributed by atoms with Crippen LogP contribution in [0, 0.1) is 5.92 Å². The summed E-state index contributed by atoms with van der Waals surface area (Å²) in [6, 6.07) is 0.157. The standard InChI is InChI=1S/C12H24N2O2/c1-9(8-16-3)14(2)12(15)10-6-4-5-7-11(10)13/h9-11H,4-8,13H2,1-3H3. The Morgan fingerprint density at radius 1 is 1.50 bits per heavy atom. The molecular formula is C12H24N2O2. The zero-order valence-corrected chi connectivity index (χ0v) is 10.6. The molecule has 0 aromatic heterocycles. The summed E-state index contributed by atoms with van der Waals surface area (Å²) in [4.78, 5) is 14.0. The minimum Gasteiger partial charge on any atom is -0.383 e. The van der Waals surface area contributed by atoms with Crippen molar-refractivity contribution in [2.75, 3.05) is 20.8 Å². The van der Waals surface area contributed by atoms with Gasteiger partial charge in [0.15, 0.2) is 0 Å². The third-order valence-corrected chi connectivity index (χ3v) is 3.55. The van der Waals surface area contributed by atoms with Crippen molar-refractivity contribution in [2.24, 2.45) is 11.7 Å². The summed E-state index contributed by atoms with van der Waals surface area (Å²) in [5.74, 6) is 0.190. The van der Waals surface area contributed by atoms with Gasteiger partial charge in [0.05, 0.1) is 18.6 Å². The van der Waals surface area contributed by atoms with E-state index in [2.05, 4.69) is 0 Å². The monoisotopic (exact) mass is 228 g/mol. The lowest BCUT2D eigenvalue weighted by Crippen LogP contribution is -2.48. The predicted octanol–water partition coefficient (Wildman–Crippen LogP) is 0.997. The number of hydrogen-bond acceptors (Lipinski definition) is 3. The Bertz CT molecular complexity index is 233. The molecule has 0 radical (unpaired) electrons. The van der Waals surface area contributed by atoms with Crippen LogP contribution in [0.4, 0.5) is 0 Å². The smallest absolute Gasteiger partial charge is 0.227 e. The number of hydrogen-bond donors (Lipinski definition) is 1. The Morgan fingerprint density at radius 3 is 2.69 bits per heavy atom. The number of carbonyl (C=O) groups excluding carboxylic acids is 1. The maximum Gasteiger partial charge on any atom is 0.227 e. The minimum absolute atomic E-state index is 0.0121. The highest BCUT2D eigenvalue weighted by Gasteiger charge is 2.31. The fourth-order valence-electron chi connectivity index (χ4n) is 2.30. The maximum absolute atomic E-state index is 12.2. The van der Waals surface area contributed by atoms with Gasteiger partial charge in [-0.05, 0) is 19.8 Å². The number of amides is 1. The van der Waals surface area contributed by atoms with Crippen molar-refractivity contribution in [3.63, 3.8) is 0 Å². The van der Waals surface area contributed by atoms with Crippen LogP contribution in [0.1, 0.15) is 32.6 Å². The molecule has 0 aromatic carbocycles. The minimum atomic E-state index is 0.0121. The van der Waals surface area contributed by atoms with Gasteiger partial charge < -0.3 is 15.4 Å². The van der Waals surface area contributed by atoms with Crippen molar-refractivity contribution < 1.29 is 9.53 Å². The molecule has 0 aliphatic heterocycles. The summed E-state index contributed by atoms with van der Waals surface area (Å²) in [5.41, 5.74) is 6.01. The lowest BCUT2D eigenvalue weighted by molar-refractivity contribution is -0.138. The molecule has 16 heavy (non-hydrogen) atoms. The second kappa shape index (κ2) is 6.21. The van der Waals surface area contributed by atoms with Crippen LogP contribution in [-0.4, -0.2) is 43.7 Å². The van der Waals surface area contributed by atoms with Crippen LogP contribution >= 0.6 is 0 Å². The van der Waals surface area contributed by atoms with E-state index in [0.717, 1.165) is 25.7 Å². The first-order valence-electron chi connectivity index (χ1n) is 6.09. The van der Waals surface area contributed by atoms with Crippen molar-refractivity contribution in [1.82, 2.24) is 4.90 Å². The van der Waals surface area contributed by atoms with Gasteiger partial charge in [-0.1, -0.05) is 12.8 Å². The molecule has 0 heterocycles. The average Bonchev–Trinajstić information content (AvgIpc) is 2.28. The van der Waals surface area contributed by atoms with Gasteiger partial charge in [0.2, 0.25) is 5.91 Å². The van der Waals surface area contributed by atoms with Crippen molar-refractivity contribution in [3.8, 4) is 0 Å². The van der Waals surface area contributed by atoms with Gasteiger partial charge in [0.25, 0.3) is 0 Å². The number of nitrogens with two attached hydrogens (primary N) is 1. The molecule has 1 fully saturated rings. The summed E-state index contributed by atoms with van der Waals surface area (Å²) in [6.07, 6.45) is 4.19. The van der Waals surface area contributed by atoms with E-state index in [4.69, 9.17) is 10.5 Å². The van der Waals surface area contributed by atoms with Crippen molar-refractivity contribution in [1.29, 1.82) is 0 Å². The molecule has 4 heteroatoms. The Labute approximate surface area is 98.1 Å². The first-order chi connectivity index (χ1) is 7.57. The molecule has 0 aromatic rings. The zero-order valence-electron chi connectivity index (χ0n) is 10.6. The van der Waals surface area contributed by atoms with Crippen molar-refractivity contribution in [2.45, 2.75) is 44.7 Å². The van der Waals surface area contributed by atoms with Gasteiger partial charge in [0, 0.05) is 20.2 Å². The average molecular weight is 228 g/mol. The first kappa shape index (κ1) is 13.5. The summed E-state index contributed by atoms with van der Waals surface area (Å²) in [6.45, 7) is 2.57. The van der Waals surface area contributed by atoms with E-state index in [1.54, 1.807) is 12.0 Å².